The van der Waals surface area contributed by atoms with Gasteiger partial charge in [0.1, 0.15) is 5.69 Å². The third kappa shape index (κ3) is 2.97. The van der Waals surface area contributed by atoms with Gasteiger partial charge in [-0.15, -0.1) is 0 Å². The number of hydrogen-bond acceptors (Lipinski definition) is 2. The summed E-state index contributed by atoms with van der Waals surface area (Å²) in [4.78, 5) is 25.9. The molecule has 1 amide bonds. The zero-order valence-corrected chi connectivity index (χ0v) is 12.3. The highest BCUT2D eigenvalue weighted by Crippen LogP contribution is 2.19. The van der Waals surface area contributed by atoms with Crippen LogP contribution in [0.3, 0.4) is 0 Å². The van der Waals surface area contributed by atoms with Gasteiger partial charge in [-0.25, -0.2) is 0 Å². The molecule has 2 heterocycles. The zero-order chi connectivity index (χ0) is 14.8. The summed E-state index contributed by atoms with van der Waals surface area (Å²) in [5.41, 5.74) is 2.52. The van der Waals surface area contributed by atoms with E-state index in [1.54, 1.807) is 24.4 Å². The maximum Gasteiger partial charge on any atom is 0.272 e. The molecule has 3 aromatic rings. The molecule has 2 aromatic heterocycles. The largest absolute Gasteiger partial charge is 0.356 e. The van der Waals surface area contributed by atoms with Crippen LogP contribution in [0.5, 0.6) is 0 Å². The third-order valence-electron chi connectivity index (χ3n) is 2.94. The van der Waals surface area contributed by atoms with Gasteiger partial charge >= 0.3 is 0 Å². The molecular weight excluding hydrogens is 336 g/mol. The quantitative estimate of drug-likeness (QED) is 0.586. The highest BCUT2D eigenvalue weighted by molar-refractivity contribution is 9.10. The maximum atomic E-state index is 12.0. The molecule has 3 rings (SSSR count). The molecule has 6 nitrogen and oxygen atoms in total. The van der Waals surface area contributed by atoms with Gasteiger partial charge in [-0.05, 0) is 39.7 Å². The SMILES string of the molecule is O=C(Nc1ccc(-c2cc(=O)[nH][nH]2)cc1)c1cc(Br)c[nH]1. The smallest absolute Gasteiger partial charge is 0.272 e. The Hall–Kier alpha value is -2.54. The van der Waals surface area contributed by atoms with Gasteiger partial charge in [0.2, 0.25) is 0 Å². The Bertz CT molecular complexity index is 829. The molecule has 0 aliphatic heterocycles. The second-order valence-electron chi connectivity index (χ2n) is 4.44. The molecule has 0 radical (unpaired) electrons. The Morgan fingerprint density at radius 1 is 1.10 bits per heavy atom. The summed E-state index contributed by atoms with van der Waals surface area (Å²) in [6.45, 7) is 0. The molecule has 0 aliphatic rings. The summed E-state index contributed by atoms with van der Waals surface area (Å²) < 4.78 is 0.819. The summed E-state index contributed by atoms with van der Waals surface area (Å²) in [5.74, 6) is -0.219. The summed E-state index contributed by atoms with van der Waals surface area (Å²) in [5, 5.41) is 8.04. The Morgan fingerprint density at radius 2 is 1.86 bits per heavy atom. The van der Waals surface area contributed by atoms with Crippen LogP contribution in [0.4, 0.5) is 5.69 Å². The van der Waals surface area contributed by atoms with Crippen molar-refractivity contribution < 1.29 is 4.79 Å². The van der Waals surface area contributed by atoms with E-state index in [-0.39, 0.29) is 11.5 Å². The van der Waals surface area contributed by atoms with Gasteiger partial charge in [-0.1, -0.05) is 12.1 Å². The number of carbonyl (C=O) groups excluding carboxylic acids is 1. The summed E-state index contributed by atoms with van der Waals surface area (Å²) in [7, 11) is 0. The molecule has 0 spiro atoms. The van der Waals surface area contributed by atoms with Crippen LogP contribution in [0, 0.1) is 0 Å². The average molecular weight is 347 g/mol. The van der Waals surface area contributed by atoms with Crippen LogP contribution in [0.15, 0.2) is 51.9 Å². The standard InChI is InChI=1S/C14H11BrN4O2/c15-9-5-12(16-7-9)14(21)17-10-3-1-8(2-4-10)11-6-13(20)19-18-11/h1-7,16H,(H,17,21)(H2,18,19,20). The Kier molecular flexibility index (Phi) is 3.49. The zero-order valence-electron chi connectivity index (χ0n) is 10.7. The number of hydrogen-bond donors (Lipinski definition) is 4. The summed E-state index contributed by atoms with van der Waals surface area (Å²) >= 11 is 3.28. The predicted molar refractivity (Wildman–Crippen MR) is 83.3 cm³/mol. The first-order valence-corrected chi connectivity index (χ1v) is 6.94. The molecule has 4 N–H and O–H groups in total. The normalized spacial score (nSPS) is 10.5. The van der Waals surface area contributed by atoms with Crippen molar-refractivity contribution in [2.24, 2.45) is 0 Å². The molecule has 0 aliphatic carbocycles. The highest BCUT2D eigenvalue weighted by Gasteiger charge is 2.08. The fourth-order valence-corrected chi connectivity index (χ4v) is 2.26. The maximum absolute atomic E-state index is 12.0. The number of H-pyrrole nitrogens is 3. The van der Waals surface area contributed by atoms with Crippen LogP contribution in [0.25, 0.3) is 11.3 Å². The average Bonchev–Trinajstić information content (AvgIpc) is 3.08. The van der Waals surface area contributed by atoms with Gasteiger partial charge < -0.3 is 10.3 Å². The third-order valence-corrected chi connectivity index (χ3v) is 3.40. The Labute approximate surface area is 127 Å². The van der Waals surface area contributed by atoms with Crippen molar-refractivity contribution in [1.29, 1.82) is 0 Å². The van der Waals surface area contributed by atoms with Crippen LogP contribution >= 0.6 is 15.9 Å². The molecule has 21 heavy (non-hydrogen) atoms. The van der Waals surface area contributed by atoms with Crippen molar-refractivity contribution in [2.75, 3.05) is 5.32 Å². The molecule has 0 bridgehead atoms. The molecule has 1 aromatic carbocycles. The van der Waals surface area contributed by atoms with Crippen molar-refractivity contribution in [2.45, 2.75) is 0 Å². The van der Waals surface area contributed by atoms with E-state index < -0.39 is 0 Å². The van der Waals surface area contributed by atoms with Gasteiger partial charge in [-0.2, -0.15) is 0 Å². The van der Waals surface area contributed by atoms with Crippen molar-refractivity contribution in [3.63, 3.8) is 0 Å². The lowest BCUT2D eigenvalue weighted by atomic mass is 10.1. The Balaban J connectivity index is 1.75. The molecule has 106 valence electrons. The first-order valence-electron chi connectivity index (χ1n) is 6.15. The Morgan fingerprint density at radius 3 is 2.43 bits per heavy atom. The van der Waals surface area contributed by atoms with Gasteiger partial charge in [0.25, 0.3) is 11.5 Å². The lowest BCUT2D eigenvalue weighted by molar-refractivity contribution is 0.102. The number of rotatable bonds is 3. The van der Waals surface area contributed by atoms with Gasteiger partial charge in [0.15, 0.2) is 0 Å². The molecule has 0 unspecified atom stereocenters. The van der Waals surface area contributed by atoms with Crippen LogP contribution < -0.4 is 10.9 Å². The van der Waals surface area contributed by atoms with Crippen molar-refractivity contribution in [1.82, 2.24) is 15.2 Å². The minimum atomic E-state index is -0.219. The second-order valence-corrected chi connectivity index (χ2v) is 5.35. The molecule has 7 heteroatoms. The summed E-state index contributed by atoms with van der Waals surface area (Å²) in [6.07, 6.45) is 1.69. The van der Waals surface area contributed by atoms with Gasteiger partial charge in [0, 0.05) is 22.4 Å². The van der Waals surface area contributed by atoms with E-state index >= 15 is 0 Å². The molecule has 0 saturated carbocycles. The van der Waals surface area contributed by atoms with E-state index in [0.717, 1.165) is 10.0 Å². The van der Waals surface area contributed by atoms with Gasteiger partial charge in [-0.3, -0.25) is 19.8 Å². The first-order chi connectivity index (χ1) is 10.1. The second kappa shape index (κ2) is 5.45. The first kappa shape index (κ1) is 13.4. The number of amides is 1. The lowest BCUT2D eigenvalue weighted by Gasteiger charge is -2.04. The highest BCUT2D eigenvalue weighted by atomic mass is 79.9. The molecular formula is C14H11BrN4O2. The number of carbonyl (C=O) groups is 1. The van der Waals surface area contributed by atoms with Crippen molar-refractivity contribution in [3.8, 4) is 11.3 Å². The number of nitrogens with one attached hydrogen (secondary N) is 4. The minimum absolute atomic E-state index is 0.181. The van der Waals surface area contributed by atoms with Crippen LogP contribution in [0.1, 0.15) is 10.5 Å². The predicted octanol–water partition coefficient (Wildman–Crippen LogP) is 2.71. The van der Waals surface area contributed by atoms with E-state index in [2.05, 4.69) is 36.4 Å². The van der Waals surface area contributed by atoms with Crippen molar-refractivity contribution in [3.05, 3.63) is 63.1 Å². The number of aromatic nitrogens is 3. The van der Waals surface area contributed by atoms with Crippen LogP contribution in [-0.2, 0) is 0 Å². The monoisotopic (exact) mass is 346 g/mol. The van der Waals surface area contributed by atoms with Crippen LogP contribution in [-0.4, -0.2) is 21.1 Å². The molecule has 0 saturated heterocycles. The topological polar surface area (TPSA) is 93.5 Å². The van der Waals surface area contributed by atoms with E-state index in [1.165, 1.54) is 6.07 Å². The van der Waals surface area contributed by atoms with Crippen molar-refractivity contribution >= 4 is 27.5 Å². The fraction of sp³-hybridized carbons (Fsp3) is 0. The molecule has 0 fully saturated rings. The summed E-state index contributed by atoms with van der Waals surface area (Å²) in [6, 6.07) is 10.4. The van der Waals surface area contributed by atoms with E-state index in [0.29, 0.717) is 17.1 Å². The number of anilines is 1. The van der Waals surface area contributed by atoms with Gasteiger partial charge in [0.05, 0.1) is 5.69 Å². The van der Waals surface area contributed by atoms with Crippen LogP contribution in [0.2, 0.25) is 0 Å². The minimum Gasteiger partial charge on any atom is -0.356 e. The van der Waals surface area contributed by atoms with E-state index in [4.69, 9.17) is 0 Å². The number of halogens is 1. The van der Waals surface area contributed by atoms with E-state index in [9.17, 15) is 9.59 Å². The molecule has 0 atom stereocenters. The fourth-order valence-electron chi connectivity index (χ4n) is 1.92. The van der Waals surface area contributed by atoms with E-state index in [1.807, 2.05) is 12.1 Å². The lowest BCUT2D eigenvalue weighted by Crippen LogP contribution is -2.11. The number of aromatic amines is 3. The number of benzene rings is 1.